The summed E-state index contributed by atoms with van der Waals surface area (Å²) in [7, 11) is -3.78. The van der Waals surface area contributed by atoms with Crippen LogP contribution >= 0.6 is 15.9 Å². The summed E-state index contributed by atoms with van der Waals surface area (Å²) in [5.41, 5.74) is 5.36. The van der Waals surface area contributed by atoms with E-state index in [1.807, 2.05) is 0 Å². The van der Waals surface area contributed by atoms with Gasteiger partial charge < -0.3 is 10.8 Å². The minimum atomic E-state index is -3.78. The molecule has 0 spiro atoms. The summed E-state index contributed by atoms with van der Waals surface area (Å²) >= 11 is 2.92. The van der Waals surface area contributed by atoms with Crippen molar-refractivity contribution in [2.45, 2.75) is 30.8 Å². The van der Waals surface area contributed by atoms with Crippen LogP contribution in [0.2, 0.25) is 0 Å². The molecule has 0 heterocycles. The molecular formula is C11H16BrFN2O3S. The monoisotopic (exact) mass is 354 g/mol. The quantitative estimate of drug-likeness (QED) is 0.534. The molecule has 1 aromatic carbocycles. The van der Waals surface area contributed by atoms with Crippen molar-refractivity contribution in [3.8, 4) is 0 Å². The van der Waals surface area contributed by atoms with Crippen molar-refractivity contribution in [1.29, 1.82) is 0 Å². The zero-order valence-electron chi connectivity index (χ0n) is 10.4. The Balaban J connectivity index is 2.80. The molecule has 1 atom stereocenters. The molecule has 0 saturated carbocycles. The van der Waals surface area contributed by atoms with Gasteiger partial charge >= 0.3 is 0 Å². The molecule has 1 unspecified atom stereocenters. The van der Waals surface area contributed by atoms with Crippen LogP contribution in [-0.2, 0) is 10.0 Å². The molecule has 1 rings (SSSR count). The van der Waals surface area contributed by atoms with Crippen molar-refractivity contribution in [2.75, 3.05) is 12.3 Å². The molecule has 0 fully saturated rings. The lowest BCUT2D eigenvalue weighted by Gasteiger charge is -2.10. The van der Waals surface area contributed by atoms with Crippen LogP contribution in [0.25, 0.3) is 0 Å². The van der Waals surface area contributed by atoms with Crippen molar-refractivity contribution >= 4 is 31.6 Å². The van der Waals surface area contributed by atoms with Crippen LogP contribution in [0.5, 0.6) is 0 Å². The first-order chi connectivity index (χ1) is 8.74. The number of nitrogen functional groups attached to an aromatic ring is 1. The Morgan fingerprint density at radius 1 is 1.53 bits per heavy atom. The number of nitrogens with two attached hydrogens (primary N) is 1. The van der Waals surface area contributed by atoms with Crippen LogP contribution in [0.15, 0.2) is 21.5 Å². The number of benzene rings is 1. The zero-order chi connectivity index (χ0) is 14.6. The number of rotatable bonds is 6. The molecule has 1 aromatic rings. The number of hydrogen-bond donors (Lipinski definition) is 3. The summed E-state index contributed by atoms with van der Waals surface area (Å²) in [5.74, 6) is -0.620. The Kier molecular flexibility index (Phi) is 5.72. The molecule has 0 aliphatic carbocycles. The maximum absolute atomic E-state index is 13.2. The molecule has 0 aliphatic heterocycles. The van der Waals surface area contributed by atoms with Crippen LogP contribution in [0.1, 0.15) is 19.8 Å². The summed E-state index contributed by atoms with van der Waals surface area (Å²) < 4.78 is 39.5. The highest BCUT2D eigenvalue weighted by Crippen LogP contribution is 2.25. The first-order valence-electron chi connectivity index (χ1n) is 5.66. The van der Waals surface area contributed by atoms with Crippen molar-refractivity contribution in [3.63, 3.8) is 0 Å². The van der Waals surface area contributed by atoms with E-state index in [1.165, 1.54) is 0 Å². The molecule has 108 valence electrons. The van der Waals surface area contributed by atoms with E-state index in [0.29, 0.717) is 12.8 Å². The third-order valence-electron chi connectivity index (χ3n) is 2.43. The molecule has 0 saturated heterocycles. The van der Waals surface area contributed by atoms with Gasteiger partial charge in [-0.3, -0.25) is 0 Å². The topological polar surface area (TPSA) is 92.4 Å². The second-order valence-corrected chi connectivity index (χ2v) is 6.78. The van der Waals surface area contributed by atoms with Gasteiger partial charge in [0.25, 0.3) is 0 Å². The molecule has 0 aliphatic rings. The predicted molar refractivity (Wildman–Crippen MR) is 74.6 cm³/mol. The Morgan fingerprint density at radius 3 is 2.74 bits per heavy atom. The maximum atomic E-state index is 13.2. The van der Waals surface area contributed by atoms with Crippen LogP contribution in [0.3, 0.4) is 0 Å². The highest BCUT2D eigenvalue weighted by Gasteiger charge is 2.19. The fraction of sp³-hybridized carbons (Fsp3) is 0.455. The van der Waals surface area contributed by atoms with E-state index in [0.717, 1.165) is 12.1 Å². The number of anilines is 1. The van der Waals surface area contributed by atoms with Crippen molar-refractivity contribution < 1.29 is 17.9 Å². The second kappa shape index (κ2) is 6.65. The van der Waals surface area contributed by atoms with Gasteiger partial charge in [-0.15, -0.1) is 0 Å². The third kappa shape index (κ3) is 4.72. The van der Waals surface area contributed by atoms with Crippen molar-refractivity contribution in [3.05, 3.63) is 22.4 Å². The van der Waals surface area contributed by atoms with Crippen LogP contribution in [0.4, 0.5) is 10.1 Å². The van der Waals surface area contributed by atoms with Crippen molar-refractivity contribution in [1.82, 2.24) is 4.72 Å². The molecule has 5 nitrogen and oxygen atoms in total. The van der Waals surface area contributed by atoms with E-state index in [-0.39, 0.29) is 21.6 Å². The van der Waals surface area contributed by atoms with Crippen LogP contribution in [-0.4, -0.2) is 26.2 Å². The summed E-state index contributed by atoms with van der Waals surface area (Å²) in [5, 5.41) is 9.06. The second-order valence-electron chi connectivity index (χ2n) is 4.19. The molecule has 19 heavy (non-hydrogen) atoms. The Labute approximate surface area is 120 Å². The van der Waals surface area contributed by atoms with Crippen LogP contribution < -0.4 is 10.5 Å². The first kappa shape index (κ1) is 16.4. The Bertz CT molecular complexity index is 549. The summed E-state index contributed by atoms with van der Waals surface area (Å²) in [6.07, 6.45) is 0.513. The van der Waals surface area contributed by atoms with Gasteiger partial charge in [-0.2, -0.15) is 0 Å². The summed E-state index contributed by atoms with van der Waals surface area (Å²) in [6.45, 7) is 1.81. The molecule has 0 aromatic heterocycles. The number of aliphatic hydroxyl groups is 1. The standard InChI is InChI=1S/C11H16BrFN2O3S/c1-7(16)3-2-4-15-19(17,18)11-5-8(12)9(13)6-10(11)14/h5-7,15-16H,2-4,14H2,1H3. The van der Waals surface area contributed by atoms with E-state index >= 15 is 0 Å². The number of aliphatic hydroxyl groups excluding tert-OH is 1. The van der Waals surface area contributed by atoms with E-state index in [1.54, 1.807) is 6.92 Å². The number of nitrogens with one attached hydrogen (secondary N) is 1. The number of hydrogen-bond acceptors (Lipinski definition) is 4. The lowest BCUT2D eigenvalue weighted by Crippen LogP contribution is -2.26. The average Bonchev–Trinajstić information content (AvgIpc) is 2.29. The van der Waals surface area contributed by atoms with Gasteiger partial charge in [-0.05, 0) is 47.8 Å². The Hall–Kier alpha value is -0.700. The van der Waals surface area contributed by atoms with Crippen molar-refractivity contribution in [2.24, 2.45) is 0 Å². The highest BCUT2D eigenvalue weighted by molar-refractivity contribution is 9.10. The summed E-state index contributed by atoms with van der Waals surface area (Å²) in [4.78, 5) is -0.169. The van der Waals surface area contributed by atoms with Gasteiger partial charge in [0.15, 0.2) is 0 Å². The molecule has 8 heteroatoms. The molecular weight excluding hydrogens is 339 g/mol. The van der Waals surface area contributed by atoms with E-state index in [9.17, 15) is 12.8 Å². The van der Waals surface area contributed by atoms with Gasteiger partial charge in [-0.25, -0.2) is 17.5 Å². The summed E-state index contributed by atoms with van der Waals surface area (Å²) in [6, 6.07) is 2.08. The number of sulfonamides is 1. The first-order valence-corrected chi connectivity index (χ1v) is 7.94. The minimum Gasteiger partial charge on any atom is -0.398 e. The van der Waals surface area contributed by atoms with Gasteiger partial charge in [0.2, 0.25) is 10.0 Å². The molecule has 0 bridgehead atoms. The largest absolute Gasteiger partial charge is 0.398 e. The minimum absolute atomic E-state index is 0.0334. The fourth-order valence-electron chi connectivity index (χ4n) is 1.46. The SMILES string of the molecule is CC(O)CCCNS(=O)(=O)c1cc(Br)c(F)cc1N. The van der Waals surface area contributed by atoms with Crippen LogP contribution in [0, 0.1) is 5.82 Å². The molecule has 0 radical (unpaired) electrons. The van der Waals surface area contributed by atoms with Gasteiger partial charge in [0.05, 0.1) is 16.3 Å². The van der Waals surface area contributed by atoms with Gasteiger partial charge in [0.1, 0.15) is 10.7 Å². The molecule has 4 N–H and O–H groups in total. The lowest BCUT2D eigenvalue weighted by molar-refractivity contribution is 0.182. The van der Waals surface area contributed by atoms with E-state index < -0.39 is 21.9 Å². The smallest absolute Gasteiger partial charge is 0.242 e. The normalized spacial score (nSPS) is 13.5. The maximum Gasteiger partial charge on any atom is 0.242 e. The zero-order valence-corrected chi connectivity index (χ0v) is 12.8. The Morgan fingerprint density at radius 2 is 2.16 bits per heavy atom. The van der Waals surface area contributed by atoms with Gasteiger partial charge in [-0.1, -0.05) is 0 Å². The average molecular weight is 355 g/mol. The lowest BCUT2D eigenvalue weighted by atomic mass is 10.2. The number of halogens is 2. The third-order valence-corrected chi connectivity index (χ3v) is 4.56. The molecule has 0 amide bonds. The van der Waals surface area contributed by atoms with E-state index in [4.69, 9.17) is 10.8 Å². The highest BCUT2D eigenvalue weighted by atomic mass is 79.9. The van der Waals surface area contributed by atoms with E-state index in [2.05, 4.69) is 20.7 Å². The predicted octanol–water partition coefficient (Wildman–Crippen LogP) is 1.61. The van der Waals surface area contributed by atoms with Gasteiger partial charge in [0, 0.05) is 6.54 Å². The fourth-order valence-corrected chi connectivity index (χ4v) is 3.16.